The number of hydrogen-bond acceptors (Lipinski definition) is 3. The number of aromatic nitrogens is 1. The molecule has 0 spiro atoms. The molecule has 1 aromatic heterocycles. The average molecular weight is 281 g/mol. The summed E-state index contributed by atoms with van der Waals surface area (Å²) in [5.74, 6) is 0.170. The molecule has 4 nitrogen and oxygen atoms in total. The monoisotopic (exact) mass is 281 g/mol. The van der Waals surface area contributed by atoms with Crippen LogP contribution in [0.5, 0.6) is 0 Å². The van der Waals surface area contributed by atoms with Crippen LogP contribution in [-0.4, -0.2) is 24.0 Å². The molecular weight excluding hydrogens is 257 g/mol. The number of carbonyl (C=O) groups excluding carboxylic acids is 1. The van der Waals surface area contributed by atoms with Gasteiger partial charge < -0.3 is 10.6 Å². The van der Waals surface area contributed by atoms with Gasteiger partial charge in [0.1, 0.15) is 5.82 Å². The zero-order valence-electron chi connectivity index (χ0n) is 12.4. The van der Waals surface area contributed by atoms with Gasteiger partial charge in [0.05, 0.1) is 11.9 Å². The number of carbonyl (C=O) groups is 1. The first-order valence-electron chi connectivity index (χ1n) is 7.14. The lowest BCUT2D eigenvalue weighted by Crippen LogP contribution is -2.31. The molecule has 0 bridgehead atoms. The predicted octanol–water partition coefficient (Wildman–Crippen LogP) is 2.42. The summed E-state index contributed by atoms with van der Waals surface area (Å²) in [6.45, 7) is 7.44. The number of nitrogens with zero attached hydrogens (tertiary/aromatic N) is 1. The molecule has 1 heterocycles. The van der Waals surface area contributed by atoms with Crippen LogP contribution in [0.3, 0.4) is 0 Å². The molecule has 0 aromatic carbocycles. The first kappa shape index (κ1) is 16.6. The van der Waals surface area contributed by atoms with Crippen molar-refractivity contribution >= 4 is 5.91 Å². The molecule has 1 rings (SSSR count). The van der Waals surface area contributed by atoms with Crippen molar-refractivity contribution in [1.29, 1.82) is 0 Å². The Morgan fingerprint density at radius 2 is 2.15 bits per heavy atom. The summed E-state index contributed by atoms with van der Waals surface area (Å²) >= 11 is 0. The van der Waals surface area contributed by atoms with Gasteiger partial charge in [-0.05, 0) is 24.5 Å². The largest absolute Gasteiger partial charge is 0.356 e. The van der Waals surface area contributed by atoms with Gasteiger partial charge >= 0.3 is 0 Å². The van der Waals surface area contributed by atoms with E-state index in [1.54, 1.807) is 6.07 Å². The topological polar surface area (TPSA) is 54.0 Å². The van der Waals surface area contributed by atoms with E-state index in [1.165, 1.54) is 12.3 Å². The van der Waals surface area contributed by atoms with Gasteiger partial charge in [0.25, 0.3) is 0 Å². The zero-order chi connectivity index (χ0) is 15.0. The van der Waals surface area contributed by atoms with Crippen LogP contribution >= 0.6 is 0 Å². The Labute approximate surface area is 120 Å². The fraction of sp³-hybridized carbons (Fsp3) is 0.600. The van der Waals surface area contributed by atoms with Crippen LogP contribution in [-0.2, 0) is 4.79 Å². The molecule has 1 aromatic rings. The fourth-order valence-electron chi connectivity index (χ4n) is 1.82. The van der Waals surface area contributed by atoms with Crippen LogP contribution in [0, 0.1) is 11.7 Å². The zero-order valence-corrected chi connectivity index (χ0v) is 12.4. The minimum absolute atomic E-state index is 0.0492. The Bertz CT molecular complexity index is 406. The molecule has 1 atom stereocenters. The molecule has 1 unspecified atom stereocenters. The molecular formula is C15H24FN3O. The lowest BCUT2D eigenvalue weighted by molar-refractivity contribution is -0.121. The summed E-state index contributed by atoms with van der Waals surface area (Å²) in [6.07, 6.45) is 2.49. The Morgan fingerprint density at radius 1 is 1.40 bits per heavy atom. The molecule has 0 saturated carbocycles. The van der Waals surface area contributed by atoms with Gasteiger partial charge in [-0.2, -0.15) is 0 Å². The SMILES string of the molecule is CCC(NCCC(=O)NCC(C)C)c1ccc(F)cn1. The highest BCUT2D eigenvalue weighted by Gasteiger charge is 2.11. The fourth-order valence-corrected chi connectivity index (χ4v) is 1.82. The molecule has 0 aliphatic heterocycles. The van der Waals surface area contributed by atoms with Crippen LogP contribution in [0.1, 0.15) is 45.3 Å². The Hall–Kier alpha value is -1.49. The summed E-state index contributed by atoms with van der Waals surface area (Å²) < 4.78 is 12.8. The lowest BCUT2D eigenvalue weighted by Gasteiger charge is -2.16. The smallest absolute Gasteiger partial charge is 0.221 e. The Kier molecular flexibility index (Phi) is 7.15. The second-order valence-electron chi connectivity index (χ2n) is 5.26. The molecule has 112 valence electrons. The van der Waals surface area contributed by atoms with Crippen LogP contribution in [0.15, 0.2) is 18.3 Å². The minimum Gasteiger partial charge on any atom is -0.356 e. The van der Waals surface area contributed by atoms with Crippen molar-refractivity contribution in [2.24, 2.45) is 5.92 Å². The van der Waals surface area contributed by atoms with E-state index in [9.17, 15) is 9.18 Å². The highest BCUT2D eigenvalue weighted by atomic mass is 19.1. The van der Waals surface area contributed by atoms with Crippen LogP contribution in [0.2, 0.25) is 0 Å². The van der Waals surface area contributed by atoms with Gasteiger partial charge in [0, 0.05) is 25.6 Å². The minimum atomic E-state index is -0.336. The molecule has 1 amide bonds. The molecule has 0 aliphatic rings. The summed E-state index contributed by atoms with van der Waals surface area (Å²) in [6, 6.07) is 3.13. The maximum Gasteiger partial charge on any atom is 0.221 e. The Balaban J connectivity index is 2.35. The molecule has 2 N–H and O–H groups in total. The maximum atomic E-state index is 12.8. The predicted molar refractivity (Wildman–Crippen MR) is 77.7 cm³/mol. The van der Waals surface area contributed by atoms with Crippen molar-refractivity contribution in [3.8, 4) is 0 Å². The van der Waals surface area contributed by atoms with E-state index in [0.29, 0.717) is 25.4 Å². The normalized spacial score (nSPS) is 12.4. The van der Waals surface area contributed by atoms with Crippen molar-refractivity contribution in [3.05, 3.63) is 29.8 Å². The van der Waals surface area contributed by atoms with Crippen molar-refractivity contribution in [1.82, 2.24) is 15.6 Å². The van der Waals surface area contributed by atoms with E-state index in [2.05, 4.69) is 29.5 Å². The van der Waals surface area contributed by atoms with Gasteiger partial charge in [-0.15, -0.1) is 0 Å². The van der Waals surface area contributed by atoms with Gasteiger partial charge in [0.15, 0.2) is 0 Å². The number of rotatable bonds is 8. The number of nitrogens with one attached hydrogen (secondary N) is 2. The number of halogens is 1. The number of hydrogen-bond donors (Lipinski definition) is 2. The summed E-state index contributed by atoms with van der Waals surface area (Å²) in [5.41, 5.74) is 0.802. The third-order valence-corrected chi connectivity index (χ3v) is 2.97. The first-order chi connectivity index (χ1) is 9.52. The summed E-state index contributed by atoms with van der Waals surface area (Å²) in [5, 5.41) is 6.15. The highest BCUT2D eigenvalue weighted by molar-refractivity contribution is 5.76. The summed E-state index contributed by atoms with van der Waals surface area (Å²) in [7, 11) is 0. The average Bonchev–Trinajstić information content (AvgIpc) is 2.42. The van der Waals surface area contributed by atoms with E-state index in [-0.39, 0.29) is 17.8 Å². The van der Waals surface area contributed by atoms with Crippen molar-refractivity contribution in [2.75, 3.05) is 13.1 Å². The third-order valence-electron chi connectivity index (χ3n) is 2.97. The van der Waals surface area contributed by atoms with Crippen LogP contribution in [0.25, 0.3) is 0 Å². The molecule has 20 heavy (non-hydrogen) atoms. The Morgan fingerprint density at radius 3 is 2.70 bits per heavy atom. The number of amides is 1. The molecule has 0 aliphatic carbocycles. The standard InChI is InChI=1S/C15H24FN3O/c1-4-13(14-6-5-12(16)10-18-14)17-8-7-15(20)19-9-11(2)3/h5-6,10-11,13,17H,4,7-9H2,1-3H3,(H,19,20). The first-order valence-corrected chi connectivity index (χ1v) is 7.14. The van der Waals surface area contributed by atoms with E-state index >= 15 is 0 Å². The molecule has 0 fully saturated rings. The van der Waals surface area contributed by atoms with Crippen molar-refractivity contribution in [3.63, 3.8) is 0 Å². The van der Waals surface area contributed by atoms with Gasteiger partial charge in [-0.1, -0.05) is 20.8 Å². The van der Waals surface area contributed by atoms with Crippen LogP contribution in [0.4, 0.5) is 4.39 Å². The van der Waals surface area contributed by atoms with Crippen molar-refractivity contribution in [2.45, 2.75) is 39.7 Å². The van der Waals surface area contributed by atoms with E-state index in [1.807, 2.05) is 6.92 Å². The highest BCUT2D eigenvalue weighted by Crippen LogP contribution is 2.13. The van der Waals surface area contributed by atoms with Crippen LogP contribution < -0.4 is 10.6 Å². The van der Waals surface area contributed by atoms with E-state index in [4.69, 9.17) is 0 Å². The molecule has 5 heteroatoms. The summed E-state index contributed by atoms with van der Waals surface area (Å²) in [4.78, 5) is 15.7. The van der Waals surface area contributed by atoms with Gasteiger partial charge in [0.2, 0.25) is 5.91 Å². The molecule has 0 saturated heterocycles. The number of pyridine rings is 1. The third kappa shape index (κ3) is 6.10. The molecule has 0 radical (unpaired) electrons. The van der Waals surface area contributed by atoms with Gasteiger partial charge in [-0.25, -0.2) is 4.39 Å². The maximum absolute atomic E-state index is 12.8. The second-order valence-corrected chi connectivity index (χ2v) is 5.26. The quantitative estimate of drug-likeness (QED) is 0.769. The van der Waals surface area contributed by atoms with Gasteiger partial charge in [-0.3, -0.25) is 9.78 Å². The van der Waals surface area contributed by atoms with E-state index in [0.717, 1.165) is 12.1 Å². The van der Waals surface area contributed by atoms with Crippen molar-refractivity contribution < 1.29 is 9.18 Å². The lowest BCUT2D eigenvalue weighted by atomic mass is 10.1. The van der Waals surface area contributed by atoms with E-state index < -0.39 is 0 Å². The second kappa shape index (κ2) is 8.64.